The minimum absolute atomic E-state index is 0.202. The van der Waals surface area contributed by atoms with Crippen molar-refractivity contribution >= 4 is 41.0 Å². The van der Waals surface area contributed by atoms with Gasteiger partial charge in [-0.3, -0.25) is 9.69 Å². The van der Waals surface area contributed by atoms with Crippen molar-refractivity contribution in [3.8, 4) is 0 Å². The quantitative estimate of drug-likeness (QED) is 0.865. The van der Waals surface area contributed by atoms with Crippen molar-refractivity contribution in [1.29, 1.82) is 0 Å². The molecule has 1 aliphatic rings. The number of aromatic nitrogens is 2. The smallest absolute Gasteiger partial charge is 0.326 e. The van der Waals surface area contributed by atoms with Crippen LogP contribution in [0, 0.1) is 6.92 Å². The minimum atomic E-state index is -0.628. The molecule has 1 N–H and O–H groups in total. The summed E-state index contributed by atoms with van der Waals surface area (Å²) in [4.78, 5) is 27.8. The Kier molecular flexibility index (Phi) is 5.29. The lowest BCUT2D eigenvalue weighted by atomic mass is 10.2. The number of aryl methyl sites for hydroxylation is 1. The maximum Gasteiger partial charge on any atom is 0.326 e. The van der Waals surface area contributed by atoms with E-state index < -0.39 is 6.04 Å². The summed E-state index contributed by atoms with van der Waals surface area (Å²) in [6.07, 6.45) is 0. The fourth-order valence-electron chi connectivity index (χ4n) is 2.65. The molecule has 3 amide bonds. The average molecular weight is 394 g/mol. The summed E-state index contributed by atoms with van der Waals surface area (Å²) in [5.74, 6) is 0.151. The predicted octanol–water partition coefficient (Wildman–Crippen LogP) is 2.65. The molecule has 26 heavy (non-hydrogen) atoms. The minimum Gasteiger partial charge on any atom is -0.350 e. The second-order valence-corrected chi connectivity index (χ2v) is 6.85. The monoisotopic (exact) mass is 393 g/mol. The van der Waals surface area contributed by atoms with E-state index in [1.54, 1.807) is 37.4 Å². The third-order valence-electron chi connectivity index (χ3n) is 4.19. The molecule has 0 saturated carbocycles. The van der Waals surface area contributed by atoms with Crippen LogP contribution in [0.3, 0.4) is 0 Å². The Bertz CT molecular complexity index is 844. The van der Waals surface area contributed by atoms with E-state index in [0.29, 0.717) is 15.9 Å². The largest absolute Gasteiger partial charge is 0.350 e. The molecule has 0 aliphatic carbocycles. The number of hydrogen-bond acceptors (Lipinski definition) is 4. The molecular formula is C17H17Cl2N5O2. The van der Waals surface area contributed by atoms with Crippen molar-refractivity contribution in [2.45, 2.75) is 19.5 Å². The van der Waals surface area contributed by atoms with Crippen LogP contribution >= 0.6 is 23.2 Å². The Morgan fingerprint density at radius 3 is 2.69 bits per heavy atom. The number of likely N-dealkylation sites (N-methyl/N-ethyl adjacent to an activating group) is 1. The van der Waals surface area contributed by atoms with Crippen LogP contribution in [0.25, 0.3) is 0 Å². The van der Waals surface area contributed by atoms with Crippen molar-refractivity contribution < 1.29 is 9.59 Å². The van der Waals surface area contributed by atoms with Gasteiger partial charge in [-0.15, -0.1) is 5.10 Å². The highest BCUT2D eigenvalue weighted by atomic mass is 35.5. The zero-order valence-corrected chi connectivity index (χ0v) is 15.8. The van der Waals surface area contributed by atoms with Gasteiger partial charge in [-0.05, 0) is 36.8 Å². The number of carbonyl (C=O) groups excluding carboxylic acids is 2. The second kappa shape index (κ2) is 7.47. The van der Waals surface area contributed by atoms with Crippen LogP contribution in [-0.2, 0) is 11.3 Å². The highest BCUT2D eigenvalue weighted by molar-refractivity contribution is 6.35. The van der Waals surface area contributed by atoms with Gasteiger partial charge in [0.1, 0.15) is 6.04 Å². The van der Waals surface area contributed by atoms with E-state index in [1.807, 2.05) is 6.92 Å². The van der Waals surface area contributed by atoms with Gasteiger partial charge in [-0.25, -0.2) is 4.79 Å². The molecule has 7 nitrogen and oxygen atoms in total. The second-order valence-electron chi connectivity index (χ2n) is 6.01. The van der Waals surface area contributed by atoms with E-state index in [9.17, 15) is 9.59 Å². The average Bonchev–Trinajstić information content (AvgIpc) is 2.90. The first-order valence-electron chi connectivity index (χ1n) is 7.93. The molecule has 0 unspecified atom stereocenters. The van der Waals surface area contributed by atoms with Gasteiger partial charge in [0.25, 0.3) is 0 Å². The van der Waals surface area contributed by atoms with Gasteiger partial charge in [-0.1, -0.05) is 29.3 Å². The molecule has 1 saturated heterocycles. The lowest BCUT2D eigenvalue weighted by molar-refractivity contribution is -0.124. The fourth-order valence-corrected chi connectivity index (χ4v) is 3.12. The first kappa shape index (κ1) is 18.4. The van der Waals surface area contributed by atoms with Crippen molar-refractivity contribution in [2.24, 2.45) is 0 Å². The van der Waals surface area contributed by atoms with Crippen LogP contribution in [0.15, 0.2) is 30.3 Å². The molecule has 136 valence electrons. The van der Waals surface area contributed by atoms with Gasteiger partial charge in [0.2, 0.25) is 5.91 Å². The Labute approximate surface area is 160 Å². The Morgan fingerprint density at radius 1 is 1.27 bits per heavy atom. The highest BCUT2D eigenvalue weighted by Crippen LogP contribution is 2.22. The fraction of sp³-hybridized carbons (Fsp3) is 0.294. The lowest BCUT2D eigenvalue weighted by Gasteiger charge is -2.17. The maximum absolute atomic E-state index is 12.5. The molecule has 1 atom stereocenters. The number of amides is 3. The third-order valence-corrected chi connectivity index (χ3v) is 4.77. The summed E-state index contributed by atoms with van der Waals surface area (Å²) < 4.78 is 0. The summed E-state index contributed by atoms with van der Waals surface area (Å²) in [6, 6.07) is 7.63. The molecular weight excluding hydrogens is 377 g/mol. The number of benzene rings is 1. The summed E-state index contributed by atoms with van der Waals surface area (Å²) in [5.41, 5.74) is 1.50. The van der Waals surface area contributed by atoms with Gasteiger partial charge >= 0.3 is 6.03 Å². The number of hydrogen-bond donors (Lipinski definition) is 1. The topological polar surface area (TPSA) is 78.4 Å². The van der Waals surface area contributed by atoms with Crippen LogP contribution in [0.2, 0.25) is 10.0 Å². The van der Waals surface area contributed by atoms with Crippen LogP contribution in [-0.4, -0.2) is 46.7 Å². The predicted molar refractivity (Wildman–Crippen MR) is 99.4 cm³/mol. The normalized spacial score (nSPS) is 16.9. The molecule has 0 bridgehead atoms. The number of halogens is 2. The van der Waals surface area contributed by atoms with E-state index >= 15 is 0 Å². The van der Waals surface area contributed by atoms with Crippen LogP contribution in [0.1, 0.15) is 11.3 Å². The number of carbonyl (C=O) groups is 2. The molecule has 9 heteroatoms. The summed E-state index contributed by atoms with van der Waals surface area (Å²) in [7, 11) is 1.59. The van der Waals surface area contributed by atoms with E-state index in [0.717, 1.165) is 11.3 Å². The van der Waals surface area contributed by atoms with E-state index in [-0.39, 0.29) is 25.0 Å². The molecule has 1 aliphatic heterocycles. The van der Waals surface area contributed by atoms with Gasteiger partial charge in [-0.2, -0.15) is 5.10 Å². The SMILES string of the molecule is Cc1ccc(N2C[C@@H](C(=O)NCc3ccc(Cl)cc3Cl)N(C)C2=O)nn1. The number of nitrogens with zero attached hydrogens (tertiary/aromatic N) is 4. The van der Waals surface area contributed by atoms with Crippen molar-refractivity contribution in [3.63, 3.8) is 0 Å². The molecule has 1 aromatic carbocycles. The van der Waals surface area contributed by atoms with Gasteiger partial charge in [0, 0.05) is 23.6 Å². The molecule has 1 aromatic heterocycles. The zero-order valence-electron chi connectivity index (χ0n) is 14.2. The number of rotatable bonds is 4. The first-order valence-corrected chi connectivity index (χ1v) is 8.68. The molecule has 0 radical (unpaired) electrons. The Balaban J connectivity index is 1.67. The van der Waals surface area contributed by atoms with Gasteiger partial charge in [0.15, 0.2) is 5.82 Å². The van der Waals surface area contributed by atoms with E-state index in [4.69, 9.17) is 23.2 Å². The van der Waals surface area contributed by atoms with E-state index in [1.165, 1.54) is 9.80 Å². The van der Waals surface area contributed by atoms with Crippen LogP contribution < -0.4 is 10.2 Å². The molecule has 1 fully saturated rings. The Morgan fingerprint density at radius 2 is 2.04 bits per heavy atom. The highest BCUT2D eigenvalue weighted by Gasteiger charge is 2.40. The Hall–Kier alpha value is -2.38. The van der Waals surface area contributed by atoms with Crippen LogP contribution in [0.5, 0.6) is 0 Å². The lowest BCUT2D eigenvalue weighted by Crippen LogP contribution is -2.43. The molecule has 2 heterocycles. The zero-order chi connectivity index (χ0) is 18.8. The third kappa shape index (κ3) is 3.73. The van der Waals surface area contributed by atoms with Gasteiger partial charge < -0.3 is 10.2 Å². The van der Waals surface area contributed by atoms with Gasteiger partial charge in [0.05, 0.1) is 12.2 Å². The summed E-state index contributed by atoms with van der Waals surface area (Å²) >= 11 is 12.0. The van der Waals surface area contributed by atoms with Crippen molar-refractivity contribution in [2.75, 3.05) is 18.5 Å². The first-order chi connectivity index (χ1) is 12.4. The van der Waals surface area contributed by atoms with Crippen molar-refractivity contribution in [3.05, 3.63) is 51.6 Å². The standard InChI is InChI=1S/C17H17Cl2N5O2/c1-10-3-6-15(22-21-10)24-9-14(23(2)17(24)26)16(25)20-8-11-4-5-12(18)7-13(11)19/h3-7,14H,8-9H2,1-2H3,(H,20,25)/t14-/m0/s1. The van der Waals surface area contributed by atoms with Crippen LogP contribution in [0.4, 0.5) is 10.6 Å². The number of nitrogens with one attached hydrogen (secondary N) is 1. The number of urea groups is 1. The molecule has 0 spiro atoms. The maximum atomic E-state index is 12.5. The molecule has 2 aromatic rings. The molecule has 3 rings (SSSR count). The summed E-state index contributed by atoms with van der Waals surface area (Å²) in [6.45, 7) is 2.26. The van der Waals surface area contributed by atoms with Crippen molar-refractivity contribution in [1.82, 2.24) is 20.4 Å². The number of anilines is 1. The summed E-state index contributed by atoms with van der Waals surface area (Å²) in [5, 5.41) is 11.8. The van der Waals surface area contributed by atoms with E-state index in [2.05, 4.69) is 15.5 Å².